The predicted molar refractivity (Wildman–Crippen MR) is 84.7 cm³/mol. The molecule has 3 atom stereocenters. The van der Waals surface area contributed by atoms with E-state index in [9.17, 15) is 28.3 Å². The van der Waals surface area contributed by atoms with Gasteiger partial charge in [0.25, 0.3) is 0 Å². The van der Waals surface area contributed by atoms with Crippen LogP contribution in [0.5, 0.6) is 0 Å². The van der Waals surface area contributed by atoms with Crippen LogP contribution in [0.2, 0.25) is 0 Å². The molecule has 0 spiro atoms. The Bertz CT molecular complexity index is 695. The number of amides is 2. The van der Waals surface area contributed by atoms with Gasteiger partial charge in [0.05, 0.1) is 0 Å². The molecule has 2 N–H and O–H groups in total. The molecular weight excluding hydrogens is 334 g/mol. The van der Waals surface area contributed by atoms with Gasteiger partial charge in [-0.3, -0.25) is 9.59 Å². The molecule has 1 aliphatic carbocycles. The zero-order valence-corrected chi connectivity index (χ0v) is 14.0. The van der Waals surface area contributed by atoms with E-state index in [2.05, 4.69) is 5.32 Å². The van der Waals surface area contributed by atoms with Gasteiger partial charge in [0, 0.05) is 25.9 Å². The minimum atomic E-state index is -1.15. The lowest BCUT2D eigenvalue weighted by Gasteiger charge is -2.27. The molecule has 1 aliphatic rings. The van der Waals surface area contributed by atoms with E-state index in [1.54, 1.807) is 0 Å². The fourth-order valence-corrected chi connectivity index (χ4v) is 2.77. The second-order valence-electron chi connectivity index (χ2n) is 6.15. The van der Waals surface area contributed by atoms with Gasteiger partial charge in [-0.25, -0.2) is 13.6 Å². The summed E-state index contributed by atoms with van der Waals surface area (Å²) in [6, 6.07) is 2.46. The fourth-order valence-electron chi connectivity index (χ4n) is 2.77. The number of nitrogens with one attached hydrogen (secondary N) is 1. The van der Waals surface area contributed by atoms with Gasteiger partial charge in [0.15, 0.2) is 11.6 Å². The maximum atomic E-state index is 13.3. The summed E-state index contributed by atoms with van der Waals surface area (Å²) in [6.07, 6.45) is 0.451. The van der Waals surface area contributed by atoms with Crippen LogP contribution < -0.4 is 5.32 Å². The van der Waals surface area contributed by atoms with Crippen molar-refractivity contribution in [1.82, 2.24) is 10.2 Å². The highest BCUT2D eigenvalue weighted by Crippen LogP contribution is 2.48. The van der Waals surface area contributed by atoms with Crippen molar-refractivity contribution in [3.8, 4) is 0 Å². The summed E-state index contributed by atoms with van der Waals surface area (Å²) in [7, 11) is 0. The van der Waals surface area contributed by atoms with Gasteiger partial charge in [-0.05, 0) is 37.0 Å². The summed E-state index contributed by atoms with van der Waals surface area (Å²) in [5.74, 6) is -4.45. The molecule has 0 aliphatic heterocycles. The molecular formula is C17H20F2N2O4. The second-order valence-corrected chi connectivity index (χ2v) is 6.15. The van der Waals surface area contributed by atoms with Crippen LogP contribution in [0.4, 0.5) is 8.78 Å². The van der Waals surface area contributed by atoms with Crippen molar-refractivity contribution in [2.75, 3.05) is 13.1 Å². The Balaban J connectivity index is 2.07. The molecule has 0 aromatic heterocycles. The third kappa shape index (κ3) is 4.52. The number of aliphatic carboxylic acids is 1. The molecule has 2 rings (SSSR count). The van der Waals surface area contributed by atoms with Crippen LogP contribution in [0.1, 0.15) is 31.7 Å². The van der Waals surface area contributed by atoms with Crippen LogP contribution in [0.3, 0.4) is 0 Å². The number of hydrogen-bond acceptors (Lipinski definition) is 3. The topological polar surface area (TPSA) is 86.7 Å². The Kier molecular flexibility index (Phi) is 5.71. The van der Waals surface area contributed by atoms with Gasteiger partial charge < -0.3 is 15.3 Å². The van der Waals surface area contributed by atoms with Gasteiger partial charge in [0.2, 0.25) is 11.8 Å². The van der Waals surface area contributed by atoms with Gasteiger partial charge in [0.1, 0.15) is 6.04 Å². The smallest absolute Gasteiger partial charge is 0.326 e. The third-order valence-corrected chi connectivity index (χ3v) is 4.31. The Morgan fingerprint density at radius 2 is 2.00 bits per heavy atom. The summed E-state index contributed by atoms with van der Waals surface area (Å²) in [5.41, 5.74) is 0.516. The summed E-state index contributed by atoms with van der Waals surface area (Å²) in [4.78, 5) is 36.0. The van der Waals surface area contributed by atoms with E-state index in [1.165, 1.54) is 24.8 Å². The number of carboxylic acids is 1. The van der Waals surface area contributed by atoms with E-state index < -0.39 is 29.6 Å². The monoisotopic (exact) mass is 354 g/mol. The molecule has 8 heteroatoms. The van der Waals surface area contributed by atoms with Crippen molar-refractivity contribution in [3.63, 3.8) is 0 Å². The molecule has 25 heavy (non-hydrogen) atoms. The standard InChI is InChI=1S/C17H20F2N2O4/c1-9(17(24)25)21(6-5-20-10(2)22)16(23)13-8-12(13)11-3-4-14(18)15(19)7-11/h3-4,7,9,12-13H,5-6,8H2,1-2H3,(H,20,22)(H,24,25). The Morgan fingerprint density at radius 1 is 1.32 bits per heavy atom. The molecule has 1 fully saturated rings. The molecule has 3 unspecified atom stereocenters. The number of benzene rings is 1. The summed E-state index contributed by atoms with van der Waals surface area (Å²) >= 11 is 0. The number of nitrogens with zero attached hydrogens (tertiary/aromatic N) is 1. The third-order valence-electron chi connectivity index (χ3n) is 4.31. The first-order chi connectivity index (χ1) is 11.7. The quantitative estimate of drug-likeness (QED) is 0.777. The van der Waals surface area contributed by atoms with Crippen molar-refractivity contribution in [3.05, 3.63) is 35.4 Å². The minimum Gasteiger partial charge on any atom is -0.480 e. The zero-order valence-electron chi connectivity index (χ0n) is 14.0. The number of carbonyl (C=O) groups excluding carboxylic acids is 2. The molecule has 2 amide bonds. The van der Waals surface area contributed by atoms with Gasteiger partial charge in [-0.15, -0.1) is 0 Å². The molecule has 0 saturated heterocycles. The van der Waals surface area contributed by atoms with Crippen LogP contribution in [0, 0.1) is 17.6 Å². The van der Waals surface area contributed by atoms with Crippen molar-refractivity contribution in [1.29, 1.82) is 0 Å². The number of rotatable bonds is 7. The SMILES string of the molecule is CC(=O)NCCN(C(=O)C1CC1c1ccc(F)c(F)c1)C(C)C(=O)O. The number of hydrogen-bond donors (Lipinski definition) is 2. The van der Waals surface area contributed by atoms with E-state index in [0.29, 0.717) is 12.0 Å². The van der Waals surface area contributed by atoms with E-state index >= 15 is 0 Å². The molecule has 1 aromatic rings. The first kappa shape index (κ1) is 18.8. The number of halogens is 2. The van der Waals surface area contributed by atoms with Crippen molar-refractivity contribution in [2.24, 2.45) is 5.92 Å². The predicted octanol–water partition coefficient (Wildman–Crippen LogP) is 1.51. The highest BCUT2D eigenvalue weighted by molar-refractivity contribution is 5.87. The average Bonchev–Trinajstić information content (AvgIpc) is 3.33. The number of carboxylic acid groups (broad SMARTS) is 1. The molecule has 1 aromatic carbocycles. The van der Waals surface area contributed by atoms with E-state index in [4.69, 9.17) is 0 Å². The average molecular weight is 354 g/mol. The molecule has 0 bridgehead atoms. The molecule has 0 heterocycles. The van der Waals surface area contributed by atoms with Gasteiger partial charge in [-0.2, -0.15) is 0 Å². The van der Waals surface area contributed by atoms with Crippen molar-refractivity contribution >= 4 is 17.8 Å². The highest BCUT2D eigenvalue weighted by Gasteiger charge is 2.47. The van der Waals surface area contributed by atoms with Crippen LogP contribution in [0.25, 0.3) is 0 Å². The normalized spacial score (nSPS) is 19.8. The van der Waals surface area contributed by atoms with Crippen LogP contribution in [0.15, 0.2) is 18.2 Å². The van der Waals surface area contributed by atoms with E-state index in [1.807, 2.05) is 0 Å². The Morgan fingerprint density at radius 3 is 2.56 bits per heavy atom. The lowest BCUT2D eigenvalue weighted by Crippen LogP contribution is -2.47. The van der Waals surface area contributed by atoms with Gasteiger partial charge >= 0.3 is 5.97 Å². The van der Waals surface area contributed by atoms with Crippen molar-refractivity contribution in [2.45, 2.75) is 32.2 Å². The minimum absolute atomic E-state index is 0.0624. The summed E-state index contributed by atoms with van der Waals surface area (Å²) in [6.45, 7) is 2.92. The van der Waals surface area contributed by atoms with Crippen LogP contribution in [-0.4, -0.2) is 46.9 Å². The highest BCUT2D eigenvalue weighted by atomic mass is 19.2. The Hall–Kier alpha value is -2.51. The number of carbonyl (C=O) groups is 3. The molecule has 1 saturated carbocycles. The first-order valence-corrected chi connectivity index (χ1v) is 7.95. The second kappa shape index (κ2) is 7.58. The maximum Gasteiger partial charge on any atom is 0.326 e. The van der Waals surface area contributed by atoms with Crippen LogP contribution >= 0.6 is 0 Å². The Labute approximate surface area is 143 Å². The van der Waals surface area contributed by atoms with Gasteiger partial charge in [-0.1, -0.05) is 6.07 Å². The lowest BCUT2D eigenvalue weighted by molar-refractivity contribution is -0.150. The van der Waals surface area contributed by atoms with E-state index in [-0.39, 0.29) is 30.8 Å². The zero-order chi connectivity index (χ0) is 18.7. The maximum absolute atomic E-state index is 13.3. The van der Waals surface area contributed by atoms with Crippen molar-refractivity contribution < 1.29 is 28.3 Å². The largest absolute Gasteiger partial charge is 0.480 e. The summed E-state index contributed by atoms with van der Waals surface area (Å²) < 4.78 is 26.4. The molecule has 136 valence electrons. The molecule has 0 radical (unpaired) electrons. The fraction of sp³-hybridized carbons (Fsp3) is 0.471. The molecule has 6 nitrogen and oxygen atoms in total. The van der Waals surface area contributed by atoms with E-state index in [0.717, 1.165) is 12.1 Å². The first-order valence-electron chi connectivity index (χ1n) is 7.95. The summed E-state index contributed by atoms with van der Waals surface area (Å²) in [5, 5.41) is 11.7. The van der Waals surface area contributed by atoms with Crippen LogP contribution in [-0.2, 0) is 14.4 Å². The lowest BCUT2D eigenvalue weighted by atomic mass is 10.1.